The van der Waals surface area contributed by atoms with E-state index in [9.17, 15) is 13.6 Å². The van der Waals surface area contributed by atoms with E-state index < -0.39 is 17.5 Å². The van der Waals surface area contributed by atoms with Crippen LogP contribution in [0.4, 0.5) is 20.2 Å². The predicted octanol–water partition coefficient (Wildman–Crippen LogP) is 2.21. The number of hydrogen-bond donors (Lipinski definition) is 2. The lowest BCUT2D eigenvalue weighted by Crippen LogP contribution is -2.17. The van der Waals surface area contributed by atoms with Gasteiger partial charge in [0.05, 0.1) is 22.6 Å². The molecule has 0 saturated carbocycles. The molecule has 0 bridgehead atoms. The van der Waals surface area contributed by atoms with Gasteiger partial charge in [-0.05, 0) is 26.0 Å². The number of nitrogens with zero attached hydrogens (tertiary/aromatic N) is 2. The number of hydrogen-bond acceptors (Lipinski definition) is 4. The van der Waals surface area contributed by atoms with Gasteiger partial charge in [-0.15, -0.1) is 0 Å². The lowest BCUT2D eigenvalue weighted by molar-refractivity contribution is 0.102. The Morgan fingerprint density at radius 3 is 2.55 bits per heavy atom. The highest BCUT2D eigenvalue weighted by Gasteiger charge is 2.16. The molecule has 0 atom stereocenters. The number of aromatic nitrogens is 2. The number of benzene rings is 1. The molecule has 1 aromatic carbocycles. The number of carbonyl (C=O) groups is 1. The normalized spacial score (nSPS) is 10.4. The van der Waals surface area contributed by atoms with Crippen molar-refractivity contribution in [1.29, 1.82) is 0 Å². The molecule has 20 heavy (non-hydrogen) atoms. The van der Waals surface area contributed by atoms with Crippen molar-refractivity contribution >= 4 is 17.3 Å². The van der Waals surface area contributed by atoms with Crippen molar-refractivity contribution < 1.29 is 13.6 Å². The minimum absolute atomic E-state index is 0.188. The smallest absolute Gasteiger partial charge is 0.257 e. The van der Waals surface area contributed by atoms with Crippen LogP contribution in [0.25, 0.3) is 0 Å². The highest BCUT2D eigenvalue weighted by Crippen LogP contribution is 2.24. The molecule has 104 valence electrons. The highest BCUT2D eigenvalue weighted by atomic mass is 19.1. The van der Waals surface area contributed by atoms with Gasteiger partial charge in [-0.3, -0.25) is 4.79 Å². The molecule has 0 aliphatic carbocycles. The first-order chi connectivity index (χ1) is 9.38. The lowest BCUT2D eigenvalue weighted by Gasteiger charge is -2.10. The second-order valence-electron chi connectivity index (χ2n) is 4.29. The topological polar surface area (TPSA) is 80.9 Å². The molecular weight excluding hydrogens is 266 g/mol. The van der Waals surface area contributed by atoms with Crippen LogP contribution in [0.15, 0.2) is 18.2 Å². The Hall–Kier alpha value is -2.57. The van der Waals surface area contributed by atoms with Crippen molar-refractivity contribution in [3.63, 3.8) is 0 Å². The number of amides is 1. The van der Waals surface area contributed by atoms with Gasteiger partial charge in [0.2, 0.25) is 0 Å². The largest absolute Gasteiger partial charge is 0.397 e. The summed E-state index contributed by atoms with van der Waals surface area (Å²) in [6.07, 6.45) is 0. The molecule has 0 saturated heterocycles. The Balaban J connectivity index is 2.35. The van der Waals surface area contributed by atoms with Crippen molar-refractivity contribution in [3.05, 3.63) is 46.8 Å². The van der Waals surface area contributed by atoms with Gasteiger partial charge in [-0.25, -0.2) is 8.78 Å². The van der Waals surface area contributed by atoms with E-state index >= 15 is 0 Å². The number of halogens is 2. The summed E-state index contributed by atoms with van der Waals surface area (Å²) in [4.78, 5) is 12.1. The molecule has 0 unspecified atom stereocenters. The van der Waals surface area contributed by atoms with Gasteiger partial charge in [0.1, 0.15) is 11.5 Å². The molecule has 1 aromatic heterocycles. The van der Waals surface area contributed by atoms with Crippen LogP contribution >= 0.6 is 0 Å². The molecule has 2 aromatic rings. The maximum Gasteiger partial charge on any atom is 0.257 e. The summed E-state index contributed by atoms with van der Waals surface area (Å²) in [7, 11) is 0. The zero-order valence-corrected chi connectivity index (χ0v) is 10.9. The fraction of sp³-hybridized carbons (Fsp3) is 0.154. The fourth-order valence-electron chi connectivity index (χ4n) is 1.69. The maximum absolute atomic E-state index is 13.6. The highest BCUT2D eigenvalue weighted by molar-refractivity contribution is 6.06. The van der Waals surface area contributed by atoms with E-state index in [0.717, 1.165) is 6.07 Å². The fourth-order valence-corrected chi connectivity index (χ4v) is 1.69. The minimum atomic E-state index is -0.938. The lowest BCUT2D eigenvalue weighted by atomic mass is 10.1. The molecule has 5 nitrogen and oxygen atoms in total. The molecule has 1 amide bonds. The summed E-state index contributed by atoms with van der Waals surface area (Å²) in [5.74, 6) is -2.33. The third-order valence-electron chi connectivity index (χ3n) is 2.67. The first kappa shape index (κ1) is 13.9. The zero-order valence-electron chi connectivity index (χ0n) is 10.9. The Morgan fingerprint density at radius 1 is 1.20 bits per heavy atom. The quantitative estimate of drug-likeness (QED) is 0.825. The Bertz CT molecular complexity index is 665. The first-order valence-electron chi connectivity index (χ1n) is 5.75. The summed E-state index contributed by atoms with van der Waals surface area (Å²) < 4.78 is 26.5. The number of nitrogen functional groups attached to an aromatic ring is 1. The third kappa shape index (κ3) is 2.71. The molecule has 7 heteroatoms. The number of carbonyl (C=O) groups excluding carboxylic acids is 1. The summed E-state index contributed by atoms with van der Waals surface area (Å²) in [5.41, 5.74) is 6.24. The van der Waals surface area contributed by atoms with Gasteiger partial charge in [0.15, 0.2) is 5.82 Å². The van der Waals surface area contributed by atoms with Gasteiger partial charge in [-0.2, -0.15) is 10.2 Å². The number of nitrogens with one attached hydrogen (secondary N) is 1. The molecule has 2 rings (SSSR count). The first-order valence-corrected chi connectivity index (χ1v) is 5.75. The van der Waals surface area contributed by atoms with E-state index in [-0.39, 0.29) is 16.9 Å². The Labute approximate surface area is 113 Å². The van der Waals surface area contributed by atoms with E-state index in [4.69, 9.17) is 5.73 Å². The van der Waals surface area contributed by atoms with Gasteiger partial charge in [0.25, 0.3) is 5.91 Å². The van der Waals surface area contributed by atoms with Crippen molar-refractivity contribution in [2.75, 3.05) is 11.1 Å². The van der Waals surface area contributed by atoms with Gasteiger partial charge in [-0.1, -0.05) is 0 Å². The number of nitrogens with two attached hydrogens (primary N) is 1. The van der Waals surface area contributed by atoms with Crippen molar-refractivity contribution in [1.82, 2.24) is 10.2 Å². The average molecular weight is 278 g/mol. The summed E-state index contributed by atoms with van der Waals surface area (Å²) in [6, 6.07) is 3.10. The third-order valence-corrected chi connectivity index (χ3v) is 2.67. The van der Waals surface area contributed by atoms with Crippen LogP contribution < -0.4 is 11.1 Å². The zero-order chi connectivity index (χ0) is 14.9. The van der Waals surface area contributed by atoms with Crippen molar-refractivity contribution in [3.8, 4) is 0 Å². The number of rotatable bonds is 2. The Morgan fingerprint density at radius 2 is 1.90 bits per heavy atom. The van der Waals surface area contributed by atoms with E-state index in [1.54, 1.807) is 13.8 Å². The van der Waals surface area contributed by atoms with Crippen LogP contribution in [0, 0.1) is 25.5 Å². The van der Waals surface area contributed by atoms with Gasteiger partial charge in [0, 0.05) is 6.07 Å². The van der Waals surface area contributed by atoms with Crippen LogP contribution in [0.5, 0.6) is 0 Å². The SMILES string of the molecule is Cc1cc(C(=O)Nc2c(N)cc(F)cc2F)c(C)nn1. The standard InChI is InChI=1S/C13H12F2N4O/c1-6-3-9(7(2)19-18-6)13(20)17-12-10(15)4-8(14)5-11(12)16/h3-5H,16H2,1-2H3,(H,17,20). The van der Waals surface area contributed by atoms with Crippen LogP contribution in [-0.2, 0) is 0 Å². The van der Waals surface area contributed by atoms with E-state index in [1.165, 1.54) is 6.07 Å². The van der Waals surface area contributed by atoms with Crippen molar-refractivity contribution in [2.24, 2.45) is 0 Å². The maximum atomic E-state index is 13.6. The molecule has 0 spiro atoms. The average Bonchev–Trinajstić information content (AvgIpc) is 2.36. The second kappa shape index (κ2) is 5.20. The molecule has 0 radical (unpaired) electrons. The molecule has 0 aliphatic rings. The predicted molar refractivity (Wildman–Crippen MR) is 70.2 cm³/mol. The second-order valence-corrected chi connectivity index (χ2v) is 4.29. The monoisotopic (exact) mass is 278 g/mol. The van der Waals surface area contributed by atoms with Crippen LogP contribution in [0.2, 0.25) is 0 Å². The van der Waals surface area contributed by atoms with E-state index in [0.29, 0.717) is 17.5 Å². The van der Waals surface area contributed by atoms with Crippen molar-refractivity contribution in [2.45, 2.75) is 13.8 Å². The summed E-state index contributed by atoms with van der Waals surface area (Å²) >= 11 is 0. The molecule has 1 heterocycles. The molecular formula is C13H12F2N4O. The van der Waals surface area contributed by atoms with Gasteiger partial charge < -0.3 is 11.1 Å². The molecule has 3 N–H and O–H groups in total. The number of anilines is 2. The summed E-state index contributed by atoms with van der Waals surface area (Å²) in [6.45, 7) is 3.28. The minimum Gasteiger partial charge on any atom is -0.397 e. The summed E-state index contributed by atoms with van der Waals surface area (Å²) in [5, 5.41) is 9.92. The van der Waals surface area contributed by atoms with Crippen LogP contribution in [0.3, 0.4) is 0 Å². The molecule has 0 fully saturated rings. The van der Waals surface area contributed by atoms with Crippen LogP contribution in [0.1, 0.15) is 21.7 Å². The molecule has 0 aliphatic heterocycles. The van der Waals surface area contributed by atoms with Crippen LogP contribution in [-0.4, -0.2) is 16.1 Å². The van der Waals surface area contributed by atoms with Gasteiger partial charge >= 0.3 is 0 Å². The van der Waals surface area contributed by atoms with E-state index in [2.05, 4.69) is 15.5 Å². The van der Waals surface area contributed by atoms with E-state index in [1.807, 2.05) is 0 Å². The Kier molecular flexibility index (Phi) is 3.60. The number of aryl methyl sites for hydroxylation is 2.